The van der Waals surface area contributed by atoms with Crippen LogP contribution in [0.1, 0.15) is 73.2 Å². The molecule has 2 atom stereocenters. The first-order chi connectivity index (χ1) is 19.5. The molecule has 40 heavy (non-hydrogen) atoms. The SMILES string of the molecule is CN1CCCC(CCCc2ccc(C(=N)c3cc(NC(=O)C(c4ccsc4)N4CCCC4)ccc3N)cc2)CC1. The Morgan fingerprint density at radius 2 is 1.85 bits per heavy atom. The number of anilines is 2. The zero-order chi connectivity index (χ0) is 27.9. The van der Waals surface area contributed by atoms with Crippen molar-refractivity contribution in [1.82, 2.24) is 9.80 Å². The monoisotopic (exact) mass is 557 g/mol. The highest BCUT2D eigenvalue weighted by atomic mass is 32.1. The molecule has 0 spiro atoms. The lowest BCUT2D eigenvalue weighted by Gasteiger charge is -2.26. The first kappa shape index (κ1) is 28.5. The van der Waals surface area contributed by atoms with E-state index in [2.05, 4.69) is 39.7 Å². The van der Waals surface area contributed by atoms with Gasteiger partial charge in [-0.2, -0.15) is 11.3 Å². The predicted octanol–water partition coefficient (Wildman–Crippen LogP) is 6.58. The Bertz CT molecular complexity index is 1270. The molecule has 1 aromatic heterocycles. The largest absolute Gasteiger partial charge is 0.398 e. The molecule has 1 amide bonds. The van der Waals surface area contributed by atoms with Gasteiger partial charge in [0.2, 0.25) is 5.91 Å². The molecule has 0 saturated carbocycles. The Morgan fingerprint density at radius 1 is 1.05 bits per heavy atom. The van der Waals surface area contributed by atoms with E-state index >= 15 is 0 Å². The molecule has 7 heteroatoms. The number of nitrogen functional groups attached to an aromatic ring is 1. The van der Waals surface area contributed by atoms with Crippen LogP contribution in [0.15, 0.2) is 59.3 Å². The molecule has 6 nitrogen and oxygen atoms in total. The molecule has 2 aliphatic rings. The van der Waals surface area contributed by atoms with Gasteiger partial charge in [0.15, 0.2) is 0 Å². The number of carbonyl (C=O) groups excluding carboxylic acids is 1. The van der Waals surface area contributed by atoms with Crippen LogP contribution in [0.25, 0.3) is 0 Å². The molecular weight excluding hydrogens is 514 g/mol. The highest BCUT2D eigenvalue weighted by Gasteiger charge is 2.30. The van der Waals surface area contributed by atoms with Gasteiger partial charge in [-0.3, -0.25) is 15.1 Å². The molecule has 2 aromatic carbocycles. The van der Waals surface area contributed by atoms with E-state index in [1.807, 2.05) is 35.7 Å². The molecule has 212 valence electrons. The number of nitrogens with zero attached hydrogens (tertiary/aromatic N) is 2. The third kappa shape index (κ3) is 7.19. The molecule has 2 unspecified atom stereocenters. The van der Waals surface area contributed by atoms with Gasteiger partial charge in [-0.15, -0.1) is 0 Å². The van der Waals surface area contributed by atoms with Crippen molar-refractivity contribution in [3.8, 4) is 0 Å². The van der Waals surface area contributed by atoms with Crippen LogP contribution >= 0.6 is 11.3 Å². The molecule has 2 aliphatic heterocycles. The van der Waals surface area contributed by atoms with Crippen molar-refractivity contribution < 1.29 is 4.79 Å². The highest BCUT2D eigenvalue weighted by Crippen LogP contribution is 2.29. The van der Waals surface area contributed by atoms with Gasteiger partial charge >= 0.3 is 0 Å². The number of hydrogen-bond acceptors (Lipinski definition) is 6. The molecule has 3 heterocycles. The van der Waals surface area contributed by atoms with Crippen LogP contribution in [0.2, 0.25) is 0 Å². The van der Waals surface area contributed by atoms with Gasteiger partial charge in [0.25, 0.3) is 0 Å². The van der Waals surface area contributed by atoms with E-state index in [-0.39, 0.29) is 11.9 Å². The minimum atomic E-state index is -0.300. The van der Waals surface area contributed by atoms with E-state index in [1.54, 1.807) is 17.4 Å². The van der Waals surface area contributed by atoms with Crippen molar-refractivity contribution in [3.05, 3.63) is 81.5 Å². The molecule has 0 aliphatic carbocycles. The van der Waals surface area contributed by atoms with Crippen molar-refractivity contribution >= 4 is 34.3 Å². The summed E-state index contributed by atoms with van der Waals surface area (Å²) in [6.07, 6.45) is 9.82. The van der Waals surface area contributed by atoms with Crippen LogP contribution in [0, 0.1) is 11.3 Å². The zero-order valence-electron chi connectivity index (χ0n) is 23.7. The third-order valence-electron chi connectivity index (χ3n) is 8.59. The van der Waals surface area contributed by atoms with Gasteiger partial charge in [0, 0.05) is 22.5 Å². The summed E-state index contributed by atoms with van der Waals surface area (Å²) in [6, 6.07) is 15.5. The molecule has 0 radical (unpaired) electrons. The van der Waals surface area contributed by atoms with Crippen molar-refractivity contribution in [2.45, 2.75) is 57.4 Å². The maximum absolute atomic E-state index is 13.5. The zero-order valence-corrected chi connectivity index (χ0v) is 24.5. The Labute approximate surface area is 243 Å². The number of aryl methyl sites for hydroxylation is 1. The summed E-state index contributed by atoms with van der Waals surface area (Å²) in [7, 11) is 2.23. The van der Waals surface area contributed by atoms with E-state index in [4.69, 9.17) is 11.1 Å². The summed E-state index contributed by atoms with van der Waals surface area (Å²) in [4.78, 5) is 18.2. The van der Waals surface area contributed by atoms with E-state index < -0.39 is 0 Å². The number of nitrogens with one attached hydrogen (secondary N) is 2. The van der Waals surface area contributed by atoms with Crippen LogP contribution in [-0.4, -0.2) is 54.6 Å². The van der Waals surface area contributed by atoms with Crippen molar-refractivity contribution in [2.75, 3.05) is 44.3 Å². The first-order valence-electron chi connectivity index (χ1n) is 14.8. The molecule has 3 aromatic rings. The number of rotatable bonds is 10. The third-order valence-corrected chi connectivity index (χ3v) is 9.30. The van der Waals surface area contributed by atoms with Gasteiger partial charge in [-0.05, 0) is 130 Å². The van der Waals surface area contributed by atoms with Crippen LogP contribution in [0.5, 0.6) is 0 Å². The van der Waals surface area contributed by atoms with Crippen LogP contribution in [0.3, 0.4) is 0 Å². The number of nitrogens with two attached hydrogens (primary N) is 1. The van der Waals surface area contributed by atoms with Crippen LogP contribution in [-0.2, 0) is 11.2 Å². The summed E-state index contributed by atoms with van der Waals surface area (Å²) < 4.78 is 0. The Balaban J connectivity index is 1.21. The van der Waals surface area contributed by atoms with E-state index in [0.29, 0.717) is 22.6 Å². The number of likely N-dealkylation sites (tertiary alicyclic amines) is 2. The van der Waals surface area contributed by atoms with Gasteiger partial charge in [0.05, 0.1) is 5.71 Å². The van der Waals surface area contributed by atoms with E-state index in [0.717, 1.165) is 49.4 Å². The lowest BCUT2D eigenvalue weighted by molar-refractivity contribution is -0.121. The van der Waals surface area contributed by atoms with Crippen LogP contribution in [0.4, 0.5) is 11.4 Å². The second kappa shape index (κ2) is 13.6. The second-order valence-corrected chi connectivity index (χ2v) is 12.3. The van der Waals surface area contributed by atoms with E-state index in [9.17, 15) is 4.79 Å². The average Bonchev–Trinajstić information content (AvgIpc) is 3.65. The van der Waals surface area contributed by atoms with Gasteiger partial charge in [-0.25, -0.2) is 0 Å². The lowest BCUT2D eigenvalue weighted by Crippen LogP contribution is -2.35. The van der Waals surface area contributed by atoms with Crippen molar-refractivity contribution in [1.29, 1.82) is 5.41 Å². The maximum atomic E-state index is 13.5. The minimum Gasteiger partial charge on any atom is -0.398 e. The molecule has 2 fully saturated rings. The van der Waals surface area contributed by atoms with E-state index in [1.165, 1.54) is 50.8 Å². The number of amides is 1. The quantitative estimate of drug-likeness (QED) is 0.194. The molecule has 5 rings (SSSR count). The standard InChI is InChI=1S/C33H43N5OS/c1-37-17-5-8-24(15-20-37)6-4-7-25-9-11-26(12-10-25)31(35)29-22-28(13-14-30(29)34)36-33(39)32(27-16-21-40-23-27)38-18-2-3-19-38/h9-14,16,21-24,32,35H,2-8,15,17-20,34H2,1H3,(H,36,39). The minimum absolute atomic E-state index is 0.0391. The summed E-state index contributed by atoms with van der Waals surface area (Å²) in [5.74, 6) is 0.812. The van der Waals surface area contributed by atoms with Crippen molar-refractivity contribution in [3.63, 3.8) is 0 Å². The maximum Gasteiger partial charge on any atom is 0.246 e. The molecule has 4 N–H and O–H groups in total. The lowest BCUT2D eigenvalue weighted by atomic mass is 9.93. The molecule has 2 saturated heterocycles. The Hall–Kier alpha value is -3.00. The average molecular weight is 558 g/mol. The van der Waals surface area contributed by atoms with Gasteiger partial charge in [-0.1, -0.05) is 30.7 Å². The fourth-order valence-electron chi connectivity index (χ4n) is 6.21. The van der Waals surface area contributed by atoms with Gasteiger partial charge in [0.1, 0.15) is 6.04 Å². The topological polar surface area (TPSA) is 85.5 Å². The highest BCUT2D eigenvalue weighted by molar-refractivity contribution is 7.08. The van der Waals surface area contributed by atoms with Crippen LogP contribution < -0.4 is 11.1 Å². The van der Waals surface area contributed by atoms with Crippen molar-refractivity contribution in [2.24, 2.45) is 5.92 Å². The number of hydrogen-bond donors (Lipinski definition) is 3. The normalized spacial score (nSPS) is 19.3. The number of benzene rings is 2. The summed E-state index contributed by atoms with van der Waals surface area (Å²) in [6.45, 7) is 4.32. The fraction of sp³-hybridized carbons (Fsp3) is 0.455. The Kier molecular flexibility index (Phi) is 9.68. The summed E-state index contributed by atoms with van der Waals surface area (Å²) in [5, 5.41) is 16.1. The van der Waals surface area contributed by atoms with Gasteiger partial charge < -0.3 is 16.0 Å². The fourth-order valence-corrected chi connectivity index (χ4v) is 6.88. The molecular formula is C33H43N5OS. The first-order valence-corrected chi connectivity index (χ1v) is 15.8. The summed E-state index contributed by atoms with van der Waals surface area (Å²) >= 11 is 1.62. The Morgan fingerprint density at radius 3 is 2.60 bits per heavy atom. The second-order valence-electron chi connectivity index (χ2n) is 11.6. The predicted molar refractivity (Wildman–Crippen MR) is 167 cm³/mol. The molecule has 0 bridgehead atoms. The summed E-state index contributed by atoms with van der Waals surface area (Å²) in [5.41, 5.74) is 11.7. The number of thiophene rings is 1. The number of carbonyl (C=O) groups is 1. The smallest absolute Gasteiger partial charge is 0.246 e.